The van der Waals surface area contributed by atoms with Gasteiger partial charge < -0.3 is 17.9 Å². The highest BCUT2D eigenvalue weighted by atomic mass is 32.5. The van der Waals surface area contributed by atoms with Crippen LogP contribution >= 0.6 is 6.72 Å². The second-order valence-electron chi connectivity index (χ2n) is 8.53. The van der Waals surface area contributed by atoms with Gasteiger partial charge in [0.25, 0.3) is 0 Å². The molecular weight excluding hydrogens is 475 g/mol. The molecule has 0 saturated carbocycles. The van der Waals surface area contributed by atoms with Gasteiger partial charge in [-0.2, -0.15) is 0 Å². The van der Waals surface area contributed by atoms with Crippen LogP contribution in [0.5, 0.6) is 11.5 Å². The number of hydrogen-bond acceptors (Lipinski definition) is 8. The van der Waals surface area contributed by atoms with E-state index >= 15 is 0 Å². The lowest BCUT2D eigenvalue weighted by Crippen LogP contribution is -2.07. The van der Waals surface area contributed by atoms with Crippen molar-refractivity contribution in [1.29, 1.82) is 0 Å². The Balaban J connectivity index is 1.32. The van der Waals surface area contributed by atoms with Crippen molar-refractivity contribution in [2.75, 3.05) is 7.11 Å². The zero-order chi connectivity index (χ0) is 23.4. The molecule has 2 aliphatic carbocycles. The van der Waals surface area contributed by atoms with Gasteiger partial charge in [-0.15, -0.1) is 0 Å². The fraction of sp³-hybridized carbons (Fsp3) is 0.280. The molecule has 2 aromatic heterocycles. The summed E-state index contributed by atoms with van der Waals surface area (Å²) in [7, 11) is 1.42. The van der Waals surface area contributed by atoms with Crippen molar-refractivity contribution in [2.45, 2.75) is 38.5 Å². The first-order chi connectivity index (χ1) is 16.4. The molecule has 2 aromatic carbocycles. The van der Waals surface area contributed by atoms with Crippen LogP contribution in [0.15, 0.2) is 54.8 Å². The third-order valence-electron chi connectivity index (χ3n) is 6.55. The Kier molecular flexibility index (Phi) is 5.13. The predicted octanol–water partition coefficient (Wildman–Crippen LogP) is 5.21. The Morgan fingerprint density at radius 1 is 0.735 bits per heavy atom. The summed E-state index contributed by atoms with van der Waals surface area (Å²) in [6.07, 6.45) is 5.11. The molecule has 4 aromatic rings. The monoisotopic (exact) mass is 496 g/mol. The second-order valence-corrected chi connectivity index (χ2v) is 11.5. The molecule has 0 N–H and O–H groups in total. The maximum atomic E-state index is 12.3. The van der Waals surface area contributed by atoms with Gasteiger partial charge >= 0.3 is 18.0 Å². The summed E-state index contributed by atoms with van der Waals surface area (Å²) in [5.41, 5.74) is 3.91. The predicted molar refractivity (Wildman–Crippen MR) is 132 cm³/mol. The molecule has 9 heteroatoms. The molecule has 34 heavy (non-hydrogen) atoms. The van der Waals surface area contributed by atoms with E-state index in [0.717, 1.165) is 71.6 Å². The summed E-state index contributed by atoms with van der Waals surface area (Å²) in [4.78, 5) is 24.6. The summed E-state index contributed by atoms with van der Waals surface area (Å²) in [5.74, 6) is 0.757. The van der Waals surface area contributed by atoms with Crippen molar-refractivity contribution < 1.29 is 22.4 Å². The lowest BCUT2D eigenvalue weighted by atomic mass is 10.1. The highest BCUT2D eigenvalue weighted by Gasteiger charge is 2.26. The minimum absolute atomic E-state index is 0.302. The van der Waals surface area contributed by atoms with Crippen molar-refractivity contribution in [2.24, 2.45) is 0 Å². The first kappa shape index (κ1) is 21.6. The van der Waals surface area contributed by atoms with Gasteiger partial charge in [-0.25, -0.2) is 9.59 Å². The quantitative estimate of drug-likeness (QED) is 0.275. The summed E-state index contributed by atoms with van der Waals surface area (Å²) in [5, 5.41) is 1.81. The van der Waals surface area contributed by atoms with Crippen LogP contribution in [0, 0.1) is 0 Å². The number of rotatable bonds is 5. The third kappa shape index (κ3) is 3.57. The average Bonchev–Trinajstić information content (AvgIpc) is 3.50. The van der Waals surface area contributed by atoms with Crippen molar-refractivity contribution >= 4 is 40.5 Å². The van der Waals surface area contributed by atoms with E-state index in [-0.39, 0.29) is 11.3 Å². The molecule has 0 saturated heterocycles. The number of fused-ring (bicyclic) bond motifs is 6. The Morgan fingerprint density at radius 3 is 1.62 bits per heavy atom. The maximum absolute atomic E-state index is 12.3. The van der Waals surface area contributed by atoms with E-state index in [9.17, 15) is 9.59 Å². The maximum Gasteiger partial charge on any atom is 0.434 e. The Morgan fingerprint density at radius 2 is 1.18 bits per heavy atom. The van der Waals surface area contributed by atoms with Crippen molar-refractivity contribution in [3.63, 3.8) is 0 Å². The largest absolute Gasteiger partial charge is 0.434 e. The zero-order valence-electron chi connectivity index (χ0n) is 18.4. The van der Waals surface area contributed by atoms with Gasteiger partial charge in [0.15, 0.2) is 0 Å². The average molecular weight is 496 g/mol. The van der Waals surface area contributed by atoms with Gasteiger partial charge in [0, 0.05) is 52.9 Å². The Bertz CT molecular complexity index is 1520. The first-order valence-corrected chi connectivity index (χ1v) is 13.7. The standard InChI is InChI=1S/C25H21O7PS/c1-28-33(34,31-14-8-10-18-16-4-2-6-20(16)24(26)29-22(18)12-14)32-15-9-11-19-17-5-3-7-21(17)25(27)30-23(19)13-15/h8-13H,2-7H2,1H3. The topological polar surface area (TPSA) is 88.1 Å². The van der Waals surface area contributed by atoms with Gasteiger partial charge in [0.1, 0.15) is 22.7 Å². The minimum Gasteiger partial charge on any atom is -0.422 e. The minimum atomic E-state index is -3.26. The molecular formula is C25H21O7PS. The van der Waals surface area contributed by atoms with Crippen molar-refractivity contribution in [1.82, 2.24) is 0 Å². The molecule has 0 aliphatic heterocycles. The van der Waals surface area contributed by atoms with Crippen LogP contribution in [0.1, 0.15) is 35.1 Å². The zero-order valence-corrected chi connectivity index (χ0v) is 20.1. The molecule has 2 aliphatic rings. The summed E-state index contributed by atoms with van der Waals surface area (Å²) >= 11 is 5.58. The van der Waals surface area contributed by atoms with Crippen LogP contribution in [0.25, 0.3) is 21.9 Å². The van der Waals surface area contributed by atoms with Crippen LogP contribution < -0.4 is 20.3 Å². The van der Waals surface area contributed by atoms with E-state index < -0.39 is 6.72 Å². The summed E-state index contributed by atoms with van der Waals surface area (Å²) in [6, 6.07) is 10.6. The summed E-state index contributed by atoms with van der Waals surface area (Å²) in [6.45, 7) is -3.26. The highest BCUT2D eigenvalue weighted by Crippen LogP contribution is 2.50. The van der Waals surface area contributed by atoms with E-state index in [4.69, 9.17) is 34.2 Å². The van der Waals surface area contributed by atoms with E-state index in [1.807, 2.05) is 12.1 Å². The normalized spacial score (nSPS) is 15.0. The Labute approximate surface area is 199 Å². The lowest BCUT2D eigenvalue weighted by molar-refractivity contribution is 0.319. The van der Waals surface area contributed by atoms with Gasteiger partial charge in [-0.1, -0.05) is 0 Å². The SMILES string of the molecule is COP(=S)(Oc1ccc2c3c(c(=O)oc2c1)CCC3)Oc1ccc2c3c(c(=O)oc2c1)CCC3. The number of aryl methyl sites for hydroxylation is 2. The van der Waals surface area contributed by atoms with Gasteiger partial charge in [-0.3, -0.25) is 4.52 Å². The molecule has 174 valence electrons. The van der Waals surface area contributed by atoms with E-state index in [2.05, 4.69) is 0 Å². The van der Waals surface area contributed by atoms with E-state index in [0.29, 0.717) is 22.7 Å². The second kappa shape index (κ2) is 8.08. The van der Waals surface area contributed by atoms with Gasteiger partial charge in [-0.05, 0) is 73.9 Å². The molecule has 0 fully saturated rings. The smallest absolute Gasteiger partial charge is 0.422 e. The third-order valence-corrected chi connectivity index (χ3v) is 8.76. The molecule has 0 amide bonds. The van der Waals surface area contributed by atoms with E-state index in [1.54, 1.807) is 24.3 Å². The molecule has 6 rings (SSSR count). The molecule has 0 spiro atoms. The van der Waals surface area contributed by atoms with E-state index in [1.165, 1.54) is 7.11 Å². The van der Waals surface area contributed by atoms with Crippen molar-refractivity contribution in [3.05, 3.63) is 79.5 Å². The molecule has 0 atom stereocenters. The fourth-order valence-corrected chi connectivity index (χ4v) is 6.44. The first-order valence-electron chi connectivity index (χ1n) is 11.2. The lowest BCUT2D eigenvalue weighted by Gasteiger charge is -2.21. The van der Waals surface area contributed by atoms with Gasteiger partial charge in [0.05, 0.1) is 0 Å². The molecule has 7 nitrogen and oxygen atoms in total. The molecule has 0 radical (unpaired) electrons. The van der Waals surface area contributed by atoms with Crippen LogP contribution in [0.4, 0.5) is 0 Å². The molecule has 2 heterocycles. The van der Waals surface area contributed by atoms with Crippen LogP contribution in [0.3, 0.4) is 0 Å². The van der Waals surface area contributed by atoms with Crippen LogP contribution in [-0.4, -0.2) is 7.11 Å². The van der Waals surface area contributed by atoms with Crippen LogP contribution in [0.2, 0.25) is 0 Å². The fourth-order valence-electron chi connectivity index (χ4n) is 4.99. The van der Waals surface area contributed by atoms with Crippen LogP contribution in [-0.2, 0) is 42.0 Å². The molecule has 0 bridgehead atoms. The number of benzene rings is 2. The molecule has 0 unspecified atom stereocenters. The summed E-state index contributed by atoms with van der Waals surface area (Å²) < 4.78 is 28.4. The highest BCUT2D eigenvalue weighted by molar-refractivity contribution is 8.07. The van der Waals surface area contributed by atoms with Gasteiger partial charge in [0.2, 0.25) is 0 Å². The number of hydrogen-bond donors (Lipinski definition) is 0. The Hall–Kier alpha value is -2.93. The van der Waals surface area contributed by atoms with Crippen molar-refractivity contribution in [3.8, 4) is 11.5 Å².